The third-order valence-corrected chi connectivity index (χ3v) is 4.38. The number of rotatable bonds is 7. The third kappa shape index (κ3) is 4.80. The SMILES string of the molecule is CN(CCc1ccccn1)S(=O)(=O)CCCO. The van der Waals surface area contributed by atoms with E-state index in [-0.39, 0.29) is 18.8 Å². The van der Waals surface area contributed by atoms with E-state index in [1.54, 1.807) is 13.2 Å². The van der Waals surface area contributed by atoms with E-state index in [4.69, 9.17) is 5.11 Å². The Hall–Kier alpha value is -0.980. The summed E-state index contributed by atoms with van der Waals surface area (Å²) in [7, 11) is -1.70. The summed E-state index contributed by atoms with van der Waals surface area (Å²) < 4.78 is 24.7. The molecular formula is C11H18N2O3S. The maximum atomic E-state index is 11.7. The molecule has 0 atom stereocenters. The molecule has 1 N–H and O–H groups in total. The number of aliphatic hydroxyl groups is 1. The predicted molar refractivity (Wildman–Crippen MR) is 66.1 cm³/mol. The van der Waals surface area contributed by atoms with Crippen LogP contribution >= 0.6 is 0 Å². The standard InChI is InChI=1S/C11H18N2O3S/c1-13(17(15,16)10-4-9-14)8-6-11-5-2-3-7-12-11/h2-3,5,7,14H,4,6,8-10H2,1H3. The zero-order valence-corrected chi connectivity index (χ0v) is 10.7. The van der Waals surface area contributed by atoms with Crippen LogP contribution in [0.3, 0.4) is 0 Å². The van der Waals surface area contributed by atoms with Crippen molar-refractivity contribution in [2.75, 3.05) is 26.0 Å². The first-order chi connectivity index (χ1) is 8.06. The van der Waals surface area contributed by atoms with Crippen molar-refractivity contribution < 1.29 is 13.5 Å². The quantitative estimate of drug-likeness (QED) is 0.762. The molecule has 0 spiro atoms. The number of hydrogen-bond donors (Lipinski definition) is 1. The van der Waals surface area contributed by atoms with Gasteiger partial charge in [-0.25, -0.2) is 12.7 Å². The van der Waals surface area contributed by atoms with Gasteiger partial charge in [0.15, 0.2) is 0 Å². The van der Waals surface area contributed by atoms with E-state index in [1.165, 1.54) is 4.31 Å². The molecule has 96 valence electrons. The van der Waals surface area contributed by atoms with Gasteiger partial charge in [0.05, 0.1) is 5.75 Å². The van der Waals surface area contributed by atoms with E-state index in [2.05, 4.69) is 4.98 Å². The first-order valence-corrected chi connectivity index (χ1v) is 7.12. The number of pyridine rings is 1. The van der Waals surface area contributed by atoms with Crippen molar-refractivity contribution in [3.8, 4) is 0 Å². The predicted octanol–water partition coefficient (Wildman–Crippen LogP) is 0.268. The number of nitrogens with zero attached hydrogens (tertiary/aromatic N) is 2. The van der Waals surface area contributed by atoms with E-state index < -0.39 is 10.0 Å². The summed E-state index contributed by atoms with van der Waals surface area (Å²) in [5.74, 6) is -0.0117. The lowest BCUT2D eigenvalue weighted by Gasteiger charge is -2.16. The summed E-state index contributed by atoms with van der Waals surface area (Å²) in [5, 5.41) is 8.63. The average molecular weight is 258 g/mol. The van der Waals surface area contributed by atoms with Crippen LogP contribution in [-0.4, -0.2) is 48.8 Å². The summed E-state index contributed by atoms with van der Waals surface area (Å²) in [6.07, 6.45) is 2.56. The molecule has 0 bridgehead atoms. The van der Waals surface area contributed by atoms with Crippen molar-refractivity contribution in [1.29, 1.82) is 0 Å². The second kappa shape index (κ2) is 6.68. The molecule has 0 aliphatic carbocycles. The van der Waals surface area contributed by atoms with E-state index >= 15 is 0 Å². The summed E-state index contributed by atoms with van der Waals surface area (Å²) in [5.41, 5.74) is 0.872. The summed E-state index contributed by atoms with van der Waals surface area (Å²) in [4.78, 5) is 4.13. The van der Waals surface area contributed by atoms with Gasteiger partial charge < -0.3 is 5.11 Å². The molecule has 0 aliphatic rings. The second-order valence-corrected chi connectivity index (χ2v) is 5.98. The third-order valence-electron chi connectivity index (χ3n) is 2.44. The number of sulfonamides is 1. The van der Waals surface area contributed by atoms with Gasteiger partial charge in [0.1, 0.15) is 0 Å². The van der Waals surface area contributed by atoms with Gasteiger partial charge in [-0.05, 0) is 18.6 Å². The second-order valence-electron chi connectivity index (χ2n) is 3.79. The molecule has 1 aromatic rings. The van der Waals surface area contributed by atoms with Crippen molar-refractivity contribution in [3.05, 3.63) is 30.1 Å². The van der Waals surface area contributed by atoms with Crippen molar-refractivity contribution in [2.24, 2.45) is 0 Å². The first kappa shape index (κ1) is 14.1. The van der Waals surface area contributed by atoms with Gasteiger partial charge in [0.2, 0.25) is 10.0 Å². The maximum Gasteiger partial charge on any atom is 0.213 e. The fourth-order valence-electron chi connectivity index (χ4n) is 1.36. The Morgan fingerprint density at radius 3 is 2.76 bits per heavy atom. The molecule has 5 nitrogen and oxygen atoms in total. The molecule has 1 aromatic heterocycles. The molecule has 0 saturated carbocycles. The largest absolute Gasteiger partial charge is 0.396 e. The summed E-state index contributed by atoms with van der Waals surface area (Å²) in [6, 6.07) is 5.57. The Bertz CT molecular complexity index is 420. The van der Waals surface area contributed by atoms with Crippen LogP contribution in [0.1, 0.15) is 12.1 Å². The monoisotopic (exact) mass is 258 g/mol. The highest BCUT2D eigenvalue weighted by Crippen LogP contribution is 2.03. The molecule has 0 saturated heterocycles. The van der Waals surface area contributed by atoms with Crippen LogP contribution in [0.15, 0.2) is 24.4 Å². The van der Waals surface area contributed by atoms with Gasteiger partial charge in [-0.1, -0.05) is 6.07 Å². The maximum absolute atomic E-state index is 11.7. The van der Waals surface area contributed by atoms with Gasteiger partial charge in [0.25, 0.3) is 0 Å². The molecule has 0 amide bonds. The van der Waals surface area contributed by atoms with E-state index in [9.17, 15) is 8.42 Å². The zero-order chi connectivity index (χ0) is 12.7. The summed E-state index contributed by atoms with van der Waals surface area (Å²) >= 11 is 0. The van der Waals surface area contributed by atoms with E-state index in [1.807, 2.05) is 18.2 Å². The van der Waals surface area contributed by atoms with Crippen LogP contribution in [0.2, 0.25) is 0 Å². The van der Waals surface area contributed by atoms with Crippen molar-refractivity contribution in [1.82, 2.24) is 9.29 Å². The molecule has 0 aliphatic heterocycles. The van der Waals surface area contributed by atoms with Crippen LogP contribution in [0, 0.1) is 0 Å². The highest BCUT2D eigenvalue weighted by molar-refractivity contribution is 7.89. The van der Waals surface area contributed by atoms with Gasteiger partial charge in [0, 0.05) is 38.5 Å². The Labute approximate surface area is 102 Å². The van der Waals surface area contributed by atoms with Gasteiger partial charge in [-0.3, -0.25) is 4.98 Å². The first-order valence-electron chi connectivity index (χ1n) is 5.51. The molecule has 0 radical (unpaired) electrons. The molecule has 1 rings (SSSR count). The smallest absolute Gasteiger partial charge is 0.213 e. The number of aliphatic hydroxyl groups excluding tert-OH is 1. The highest BCUT2D eigenvalue weighted by Gasteiger charge is 2.16. The Balaban J connectivity index is 2.47. The van der Waals surface area contributed by atoms with Gasteiger partial charge >= 0.3 is 0 Å². The molecular weight excluding hydrogens is 240 g/mol. The van der Waals surface area contributed by atoms with Crippen molar-refractivity contribution >= 4 is 10.0 Å². The van der Waals surface area contributed by atoms with Gasteiger partial charge in [-0.15, -0.1) is 0 Å². The fraction of sp³-hybridized carbons (Fsp3) is 0.545. The molecule has 0 unspecified atom stereocenters. The lowest BCUT2D eigenvalue weighted by atomic mass is 10.3. The lowest BCUT2D eigenvalue weighted by Crippen LogP contribution is -2.31. The normalized spacial score (nSPS) is 11.9. The Morgan fingerprint density at radius 2 is 2.18 bits per heavy atom. The van der Waals surface area contributed by atoms with E-state index in [0.717, 1.165) is 5.69 Å². The minimum atomic E-state index is -3.25. The lowest BCUT2D eigenvalue weighted by molar-refractivity contribution is 0.294. The Morgan fingerprint density at radius 1 is 1.41 bits per heavy atom. The Kier molecular flexibility index (Phi) is 5.54. The topological polar surface area (TPSA) is 70.5 Å². The minimum absolute atomic E-state index is 0.0117. The number of aromatic nitrogens is 1. The summed E-state index contributed by atoms with van der Waals surface area (Å²) in [6.45, 7) is 0.304. The average Bonchev–Trinajstić information content (AvgIpc) is 2.34. The van der Waals surface area contributed by atoms with Crippen molar-refractivity contribution in [3.63, 3.8) is 0 Å². The minimum Gasteiger partial charge on any atom is -0.396 e. The molecule has 0 fully saturated rings. The molecule has 1 heterocycles. The fourth-order valence-corrected chi connectivity index (χ4v) is 2.53. The number of hydrogen-bond acceptors (Lipinski definition) is 4. The van der Waals surface area contributed by atoms with Crippen LogP contribution in [-0.2, 0) is 16.4 Å². The van der Waals surface area contributed by atoms with Crippen LogP contribution in [0.5, 0.6) is 0 Å². The molecule has 0 aromatic carbocycles. The molecule has 6 heteroatoms. The van der Waals surface area contributed by atoms with Crippen LogP contribution < -0.4 is 0 Å². The zero-order valence-electron chi connectivity index (χ0n) is 9.91. The van der Waals surface area contributed by atoms with E-state index in [0.29, 0.717) is 13.0 Å². The van der Waals surface area contributed by atoms with Gasteiger partial charge in [-0.2, -0.15) is 0 Å². The highest BCUT2D eigenvalue weighted by atomic mass is 32.2. The van der Waals surface area contributed by atoms with Crippen molar-refractivity contribution in [2.45, 2.75) is 12.8 Å². The van der Waals surface area contributed by atoms with Crippen LogP contribution in [0.4, 0.5) is 0 Å². The van der Waals surface area contributed by atoms with Crippen LogP contribution in [0.25, 0.3) is 0 Å². The molecule has 17 heavy (non-hydrogen) atoms. The number of likely N-dealkylation sites (N-methyl/N-ethyl adjacent to an activating group) is 1.